The molecule has 3 N–H and O–H groups in total. The Bertz CT molecular complexity index is 550. The Labute approximate surface area is 147 Å². The molecule has 8 nitrogen and oxygen atoms in total. The Hall–Kier alpha value is -2.03. The molecule has 0 radical (unpaired) electrons. The fourth-order valence-electron chi connectivity index (χ4n) is 2.20. The van der Waals surface area contributed by atoms with E-state index >= 15 is 0 Å². The molecule has 2 atom stereocenters. The minimum Gasteiger partial charge on any atom is -0.493 e. The molecule has 0 aliphatic heterocycles. The van der Waals surface area contributed by atoms with Gasteiger partial charge in [0.2, 0.25) is 0 Å². The van der Waals surface area contributed by atoms with Crippen LogP contribution in [0.4, 0.5) is 5.69 Å². The van der Waals surface area contributed by atoms with Crippen molar-refractivity contribution in [1.29, 1.82) is 0 Å². The number of aliphatic hydroxyl groups is 2. The number of esters is 1. The molecule has 0 amide bonds. The third-order valence-electron chi connectivity index (χ3n) is 3.39. The molecule has 0 fully saturated rings. The zero-order chi connectivity index (χ0) is 18.8. The number of hydrogen-bond donors (Lipinski definition) is 3. The Kier molecular flexibility index (Phi) is 9.04. The fraction of sp³-hybridized carbons (Fsp3) is 0.588. The molecule has 1 aromatic rings. The SMILES string of the molecule is CCOC(=O)c1cc(OC)c(OC)cc1NC(O)CCC(O)OCC. The topological polar surface area (TPSA) is 106 Å². The summed E-state index contributed by atoms with van der Waals surface area (Å²) in [4.78, 5) is 12.2. The average Bonchev–Trinajstić information content (AvgIpc) is 2.60. The molecule has 8 heteroatoms. The van der Waals surface area contributed by atoms with E-state index < -0.39 is 18.5 Å². The number of ether oxygens (including phenoxy) is 4. The molecule has 142 valence electrons. The maximum atomic E-state index is 12.2. The number of carbonyl (C=O) groups excluding carboxylic acids is 1. The molecule has 1 aromatic carbocycles. The summed E-state index contributed by atoms with van der Waals surface area (Å²) in [5.74, 6) is 0.226. The molecule has 0 bridgehead atoms. The number of aliphatic hydroxyl groups excluding tert-OH is 2. The Morgan fingerprint density at radius 1 is 1.08 bits per heavy atom. The summed E-state index contributed by atoms with van der Waals surface area (Å²) in [6.07, 6.45) is -1.49. The van der Waals surface area contributed by atoms with Crippen molar-refractivity contribution in [2.45, 2.75) is 39.2 Å². The Morgan fingerprint density at radius 2 is 1.72 bits per heavy atom. The normalized spacial score (nSPS) is 13.0. The molecule has 0 aliphatic carbocycles. The fourth-order valence-corrected chi connectivity index (χ4v) is 2.20. The van der Waals surface area contributed by atoms with Gasteiger partial charge in [-0.1, -0.05) is 0 Å². The standard InChI is InChI=1S/C17H27NO7/c1-5-24-16(20)8-7-15(19)18-12-10-14(23-4)13(22-3)9-11(12)17(21)25-6-2/h9-10,15-16,18-20H,5-8H2,1-4H3. The third kappa shape index (κ3) is 6.41. The van der Waals surface area contributed by atoms with Gasteiger partial charge >= 0.3 is 5.97 Å². The summed E-state index contributed by atoms with van der Waals surface area (Å²) in [6, 6.07) is 3.04. The summed E-state index contributed by atoms with van der Waals surface area (Å²) in [5, 5.41) is 22.5. The molecule has 2 unspecified atom stereocenters. The lowest BCUT2D eigenvalue weighted by Crippen LogP contribution is -2.23. The van der Waals surface area contributed by atoms with E-state index in [1.165, 1.54) is 20.3 Å². The number of nitrogens with one attached hydrogen (secondary N) is 1. The minimum absolute atomic E-state index is 0.212. The van der Waals surface area contributed by atoms with Crippen LogP contribution in [0.3, 0.4) is 0 Å². The van der Waals surface area contributed by atoms with Crippen LogP contribution in [-0.2, 0) is 9.47 Å². The van der Waals surface area contributed by atoms with Crippen molar-refractivity contribution in [3.05, 3.63) is 17.7 Å². The van der Waals surface area contributed by atoms with Gasteiger partial charge in [0.15, 0.2) is 17.8 Å². The third-order valence-corrected chi connectivity index (χ3v) is 3.39. The summed E-state index contributed by atoms with van der Waals surface area (Å²) in [6.45, 7) is 4.08. The van der Waals surface area contributed by atoms with Gasteiger partial charge in [-0.15, -0.1) is 0 Å². The van der Waals surface area contributed by atoms with E-state index in [0.717, 1.165) is 0 Å². The van der Waals surface area contributed by atoms with Crippen molar-refractivity contribution in [3.8, 4) is 11.5 Å². The van der Waals surface area contributed by atoms with Crippen LogP contribution in [0.15, 0.2) is 12.1 Å². The summed E-state index contributed by atoms with van der Waals surface area (Å²) < 4.78 is 20.5. The molecule has 0 heterocycles. The van der Waals surface area contributed by atoms with E-state index in [1.807, 2.05) is 0 Å². The van der Waals surface area contributed by atoms with Gasteiger partial charge in [0.1, 0.15) is 6.23 Å². The molecular weight excluding hydrogens is 330 g/mol. The van der Waals surface area contributed by atoms with Crippen molar-refractivity contribution < 1.29 is 34.0 Å². The highest BCUT2D eigenvalue weighted by atomic mass is 16.6. The second-order valence-corrected chi connectivity index (χ2v) is 5.12. The number of benzene rings is 1. The molecule has 0 saturated carbocycles. The highest BCUT2D eigenvalue weighted by Gasteiger charge is 2.20. The zero-order valence-corrected chi connectivity index (χ0v) is 15.1. The maximum Gasteiger partial charge on any atom is 0.340 e. The van der Waals surface area contributed by atoms with Crippen LogP contribution in [-0.4, -0.2) is 56.1 Å². The van der Waals surface area contributed by atoms with Crippen molar-refractivity contribution in [3.63, 3.8) is 0 Å². The van der Waals surface area contributed by atoms with Crippen molar-refractivity contribution in [1.82, 2.24) is 0 Å². The second kappa shape index (κ2) is 10.8. The molecule has 0 spiro atoms. The number of anilines is 1. The quantitative estimate of drug-likeness (QED) is 0.406. The first-order valence-corrected chi connectivity index (χ1v) is 8.14. The lowest BCUT2D eigenvalue weighted by atomic mass is 10.1. The lowest BCUT2D eigenvalue weighted by Gasteiger charge is -2.20. The van der Waals surface area contributed by atoms with E-state index in [4.69, 9.17) is 18.9 Å². The first kappa shape index (κ1) is 21.0. The van der Waals surface area contributed by atoms with E-state index in [1.54, 1.807) is 19.9 Å². The molecule has 1 rings (SSSR count). The van der Waals surface area contributed by atoms with Crippen molar-refractivity contribution >= 4 is 11.7 Å². The highest BCUT2D eigenvalue weighted by molar-refractivity contribution is 5.96. The number of methoxy groups -OCH3 is 2. The van der Waals surface area contributed by atoms with Gasteiger partial charge in [-0.05, 0) is 20.3 Å². The smallest absolute Gasteiger partial charge is 0.340 e. The van der Waals surface area contributed by atoms with Crippen molar-refractivity contribution in [2.75, 3.05) is 32.8 Å². The Morgan fingerprint density at radius 3 is 2.28 bits per heavy atom. The van der Waals surface area contributed by atoms with Gasteiger partial charge in [-0.3, -0.25) is 0 Å². The Balaban J connectivity index is 2.96. The van der Waals surface area contributed by atoms with E-state index in [0.29, 0.717) is 23.8 Å². The maximum absolute atomic E-state index is 12.2. The molecule has 25 heavy (non-hydrogen) atoms. The number of carbonyl (C=O) groups is 1. The van der Waals surface area contributed by atoms with Crippen LogP contribution in [0.5, 0.6) is 11.5 Å². The molecule has 0 aromatic heterocycles. The highest BCUT2D eigenvalue weighted by Crippen LogP contribution is 2.34. The number of rotatable bonds is 11. The predicted octanol–water partition coefficient (Wildman–Crippen LogP) is 1.75. The first-order chi connectivity index (χ1) is 12.0. The average molecular weight is 357 g/mol. The van der Waals surface area contributed by atoms with E-state index in [2.05, 4.69) is 5.32 Å². The second-order valence-electron chi connectivity index (χ2n) is 5.12. The van der Waals surface area contributed by atoms with E-state index in [-0.39, 0.29) is 25.0 Å². The number of hydrogen-bond acceptors (Lipinski definition) is 8. The molecule has 0 aliphatic rings. The van der Waals surface area contributed by atoms with Crippen LogP contribution < -0.4 is 14.8 Å². The van der Waals surface area contributed by atoms with Gasteiger partial charge in [-0.2, -0.15) is 0 Å². The summed E-state index contributed by atoms with van der Waals surface area (Å²) >= 11 is 0. The molecular formula is C17H27NO7. The monoisotopic (exact) mass is 357 g/mol. The zero-order valence-electron chi connectivity index (χ0n) is 15.1. The van der Waals surface area contributed by atoms with Gasteiger partial charge in [0.05, 0.1) is 32.1 Å². The van der Waals surface area contributed by atoms with Crippen LogP contribution in [0.25, 0.3) is 0 Å². The van der Waals surface area contributed by atoms with Gasteiger partial charge in [0.25, 0.3) is 0 Å². The van der Waals surface area contributed by atoms with Crippen LogP contribution in [0, 0.1) is 0 Å². The minimum atomic E-state index is -0.999. The van der Waals surface area contributed by atoms with Gasteiger partial charge < -0.3 is 34.5 Å². The van der Waals surface area contributed by atoms with Crippen LogP contribution >= 0.6 is 0 Å². The van der Waals surface area contributed by atoms with E-state index in [9.17, 15) is 15.0 Å². The van der Waals surface area contributed by atoms with Gasteiger partial charge in [0, 0.05) is 25.2 Å². The predicted molar refractivity (Wildman–Crippen MR) is 92.0 cm³/mol. The van der Waals surface area contributed by atoms with Crippen LogP contribution in [0.2, 0.25) is 0 Å². The van der Waals surface area contributed by atoms with Crippen molar-refractivity contribution in [2.24, 2.45) is 0 Å². The lowest BCUT2D eigenvalue weighted by molar-refractivity contribution is -0.103. The first-order valence-electron chi connectivity index (χ1n) is 8.14. The summed E-state index contributed by atoms with van der Waals surface area (Å²) in [7, 11) is 2.93. The summed E-state index contributed by atoms with van der Waals surface area (Å²) in [5.41, 5.74) is 0.554. The largest absolute Gasteiger partial charge is 0.493 e. The molecule has 0 saturated heterocycles. The van der Waals surface area contributed by atoms with Crippen LogP contribution in [0.1, 0.15) is 37.0 Å². The van der Waals surface area contributed by atoms with Gasteiger partial charge in [-0.25, -0.2) is 4.79 Å².